The van der Waals surface area contributed by atoms with Crippen molar-refractivity contribution < 1.29 is 4.79 Å². The second-order valence-electron chi connectivity index (χ2n) is 6.89. The Morgan fingerprint density at radius 1 is 1.43 bits per heavy atom. The Bertz CT molecular complexity index is 623. The maximum absolute atomic E-state index is 12.7. The zero-order valence-electron chi connectivity index (χ0n) is 14.0. The van der Waals surface area contributed by atoms with Gasteiger partial charge in [0.25, 0.3) is 0 Å². The summed E-state index contributed by atoms with van der Waals surface area (Å²) in [6.07, 6.45) is 7.48. The van der Waals surface area contributed by atoms with Crippen molar-refractivity contribution in [2.75, 3.05) is 6.54 Å². The van der Waals surface area contributed by atoms with Gasteiger partial charge in [-0.15, -0.1) is 0 Å². The van der Waals surface area contributed by atoms with E-state index in [0.29, 0.717) is 6.54 Å². The van der Waals surface area contributed by atoms with Crippen LogP contribution in [0.4, 0.5) is 0 Å². The van der Waals surface area contributed by atoms with Gasteiger partial charge in [0.05, 0.1) is 24.1 Å². The molecule has 1 aliphatic heterocycles. The lowest BCUT2D eigenvalue weighted by atomic mass is 9.82. The van der Waals surface area contributed by atoms with E-state index >= 15 is 0 Å². The van der Waals surface area contributed by atoms with Crippen LogP contribution in [0, 0.1) is 11.3 Å². The first-order chi connectivity index (χ1) is 11.0. The predicted octanol–water partition coefficient (Wildman–Crippen LogP) is 1.51. The summed E-state index contributed by atoms with van der Waals surface area (Å²) < 4.78 is 2.06. The van der Waals surface area contributed by atoms with Crippen LogP contribution >= 0.6 is 0 Å². The van der Waals surface area contributed by atoms with Crippen LogP contribution in [-0.4, -0.2) is 38.5 Å². The highest BCUT2D eigenvalue weighted by atomic mass is 16.2. The van der Waals surface area contributed by atoms with Crippen LogP contribution < -0.4 is 5.32 Å². The van der Waals surface area contributed by atoms with Crippen molar-refractivity contribution in [1.82, 2.24) is 19.8 Å². The second kappa shape index (κ2) is 6.32. The Hall–Kier alpha value is -1.87. The molecule has 1 fully saturated rings. The second-order valence-corrected chi connectivity index (χ2v) is 6.89. The monoisotopic (exact) mass is 315 g/mol. The average molecular weight is 315 g/mol. The maximum atomic E-state index is 12.7. The summed E-state index contributed by atoms with van der Waals surface area (Å²) in [4.78, 5) is 19.2. The number of amides is 1. The van der Waals surface area contributed by atoms with Crippen molar-refractivity contribution in [3.8, 4) is 6.07 Å². The van der Waals surface area contributed by atoms with Crippen LogP contribution in [0.5, 0.6) is 0 Å². The van der Waals surface area contributed by atoms with Gasteiger partial charge in [0.15, 0.2) is 0 Å². The van der Waals surface area contributed by atoms with Gasteiger partial charge in [-0.3, -0.25) is 9.69 Å². The lowest BCUT2D eigenvalue weighted by Crippen LogP contribution is -2.55. The fourth-order valence-corrected chi connectivity index (χ4v) is 3.73. The quantitative estimate of drug-likeness (QED) is 0.917. The molecule has 0 unspecified atom stereocenters. The molecule has 0 spiro atoms. The minimum Gasteiger partial charge on any atom is -0.337 e. The molecule has 1 aromatic rings. The Morgan fingerprint density at radius 2 is 2.17 bits per heavy atom. The Morgan fingerprint density at radius 3 is 2.87 bits per heavy atom. The smallest absolute Gasteiger partial charge is 0.238 e. The summed E-state index contributed by atoms with van der Waals surface area (Å²) in [5, 5.41) is 12.6. The first kappa shape index (κ1) is 16.0. The van der Waals surface area contributed by atoms with Gasteiger partial charge in [-0.05, 0) is 19.8 Å². The molecule has 1 atom stereocenters. The number of hydrogen-bond acceptors (Lipinski definition) is 4. The molecule has 0 radical (unpaired) electrons. The number of carbonyl (C=O) groups excluding carboxylic acids is 1. The third-order valence-electron chi connectivity index (χ3n) is 5.35. The van der Waals surface area contributed by atoms with E-state index in [2.05, 4.69) is 25.8 Å². The SMILES string of the molecule is C[C@@H](C(=O)NC1(C#N)CCCCC1)N1CCc2c(ncn2C)C1. The molecule has 23 heavy (non-hydrogen) atoms. The third-order valence-corrected chi connectivity index (χ3v) is 5.35. The molecule has 1 N–H and O–H groups in total. The van der Waals surface area contributed by atoms with E-state index in [-0.39, 0.29) is 11.9 Å². The first-order valence-corrected chi connectivity index (χ1v) is 8.51. The van der Waals surface area contributed by atoms with Crippen LogP contribution in [0.1, 0.15) is 50.4 Å². The largest absolute Gasteiger partial charge is 0.337 e. The number of nitriles is 1. The predicted molar refractivity (Wildman–Crippen MR) is 86.4 cm³/mol. The molecule has 1 saturated carbocycles. The number of carbonyl (C=O) groups is 1. The number of fused-ring (bicyclic) bond motifs is 1. The standard InChI is InChI=1S/C17H25N5O/c1-13(16(23)20-17(11-18)7-4-3-5-8-17)22-9-6-15-14(10-22)19-12-21(15)2/h12-13H,3-10H2,1-2H3,(H,20,23)/t13-/m0/s1. The molecule has 6 nitrogen and oxygen atoms in total. The van der Waals surface area contributed by atoms with Crippen molar-refractivity contribution >= 4 is 5.91 Å². The highest BCUT2D eigenvalue weighted by Gasteiger charge is 2.36. The van der Waals surface area contributed by atoms with Gasteiger partial charge in [0.2, 0.25) is 5.91 Å². The summed E-state index contributed by atoms with van der Waals surface area (Å²) in [5.74, 6) is -0.0344. The lowest BCUT2D eigenvalue weighted by molar-refractivity contribution is -0.128. The van der Waals surface area contributed by atoms with E-state index in [1.54, 1.807) is 0 Å². The van der Waals surface area contributed by atoms with Crippen LogP contribution in [0.2, 0.25) is 0 Å². The third kappa shape index (κ3) is 3.11. The lowest BCUT2D eigenvalue weighted by Gasteiger charge is -2.36. The highest BCUT2D eigenvalue weighted by molar-refractivity contribution is 5.82. The fourth-order valence-electron chi connectivity index (χ4n) is 3.73. The molecular formula is C17H25N5O. The van der Waals surface area contributed by atoms with E-state index in [0.717, 1.165) is 50.8 Å². The number of hydrogen-bond donors (Lipinski definition) is 1. The van der Waals surface area contributed by atoms with Crippen molar-refractivity contribution in [2.24, 2.45) is 7.05 Å². The van der Waals surface area contributed by atoms with Crippen LogP contribution in [0.3, 0.4) is 0 Å². The van der Waals surface area contributed by atoms with E-state index in [1.807, 2.05) is 20.3 Å². The van der Waals surface area contributed by atoms with Crippen LogP contribution in [-0.2, 0) is 24.8 Å². The number of rotatable bonds is 3. The minimum absolute atomic E-state index is 0.0344. The molecule has 1 aliphatic carbocycles. The number of nitrogens with zero attached hydrogens (tertiary/aromatic N) is 4. The van der Waals surface area contributed by atoms with Gasteiger partial charge in [0, 0.05) is 32.3 Å². The number of nitrogens with one attached hydrogen (secondary N) is 1. The van der Waals surface area contributed by atoms with Crippen molar-refractivity contribution in [1.29, 1.82) is 5.26 Å². The molecule has 0 aromatic carbocycles. The Labute approximate surface area is 137 Å². The molecule has 1 aromatic heterocycles. The normalized spacial score (nSPS) is 22.0. The molecular weight excluding hydrogens is 290 g/mol. The van der Waals surface area contributed by atoms with E-state index < -0.39 is 5.54 Å². The van der Waals surface area contributed by atoms with E-state index in [4.69, 9.17) is 0 Å². The summed E-state index contributed by atoms with van der Waals surface area (Å²) in [5.41, 5.74) is 1.66. The maximum Gasteiger partial charge on any atom is 0.238 e. The Kier molecular flexibility index (Phi) is 4.40. The molecule has 2 heterocycles. The highest BCUT2D eigenvalue weighted by Crippen LogP contribution is 2.28. The van der Waals surface area contributed by atoms with E-state index in [9.17, 15) is 10.1 Å². The van der Waals surface area contributed by atoms with Crippen molar-refractivity contribution in [3.63, 3.8) is 0 Å². The average Bonchev–Trinajstić information content (AvgIpc) is 2.95. The summed E-state index contributed by atoms with van der Waals surface area (Å²) in [6.45, 7) is 3.47. The Balaban J connectivity index is 1.65. The van der Waals surface area contributed by atoms with Gasteiger partial charge < -0.3 is 9.88 Å². The van der Waals surface area contributed by atoms with E-state index in [1.165, 1.54) is 5.69 Å². The molecule has 0 bridgehead atoms. The van der Waals surface area contributed by atoms with Crippen molar-refractivity contribution in [3.05, 3.63) is 17.7 Å². The summed E-state index contributed by atoms with van der Waals surface area (Å²) >= 11 is 0. The van der Waals surface area contributed by atoms with Crippen molar-refractivity contribution in [2.45, 2.75) is 63.6 Å². The molecule has 124 valence electrons. The molecule has 6 heteroatoms. The number of aromatic nitrogens is 2. The first-order valence-electron chi connectivity index (χ1n) is 8.51. The number of imidazole rings is 1. The fraction of sp³-hybridized carbons (Fsp3) is 0.706. The van der Waals surface area contributed by atoms with Gasteiger partial charge in [0.1, 0.15) is 5.54 Å². The zero-order valence-corrected chi connectivity index (χ0v) is 14.0. The molecule has 2 aliphatic rings. The van der Waals surface area contributed by atoms with Gasteiger partial charge in [-0.2, -0.15) is 5.26 Å². The number of aryl methyl sites for hydroxylation is 1. The van der Waals surface area contributed by atoms with Gasteiger partial charge in [-0.1, -0.05) is 19.3 Å². The summed E-state index contributed by atoms with van der Waals surface area (Å²) in [7, 11) is 2.01. The van der Waals surface area contributed by atoms with Gasteiger partial charge in [-0.25, -0.2) is 4.98 Å². The molecule has 1 amide bonds. The summed E-state index contributed by atoms with van der Waals surface area (Å²) in [6, 6.07) is 2.12. The van der Waals surface area contributed by atoms with Crippen LogP contribution in [0.25, 0.3) is 0 Å². The van der Waals surface area contributed by atoms with Gasteiger partial charge >= 0.3 is 0 Å². The minimum atomic E-state index is -0.657. The van der Waals surface area contributed by atoms with Crippen LogP contribution in [0.15, 0.2) is 6.33 Å². The topological polar surface area (TPSA) is 74.0 Å². The zero-order chi connectivity index (χ0) is 16.4. The molecule has 3 rings (SSSR count). The molecule has 0 saturated heterocycles.